The van der Waals surface area contributed by atoms with Crippen LogP contribution in [0.1, 0.15) is 33.0 Å². The Morgan fingerprint density at radius 3 is 2.68 bits per heavy atom. The summed E-state index contributed by atoms with van der Waals surface area (Å²) in [4.78, 5) is 62.8. The van der Waals surface area contributed by atoms with E-state index < -0.39 is 47.4 Å². The molecule has 4 heterocycles. The van der Waals surface area contributed by atoms with Gasteiger partial charge in [-0.15, -0.1) is 29.3 Å². The highest BCUT2D eigenvalue weighted by Gasteiger charge is 2.55. The average Bonchev–Trinajstić information content (AvgIpc) is 3.66. The normalized spacial score (nSPS) is 17.8. The summed E-state index contributed by atoms with van der Waals surface area (Å²) in [7, 11) is 0. The molecule has 0 radical (unpaired) electrons. The van der Waals surface area contributed by atoms with Gasteiger partial charge < -0.3 is 36.2 Å². The topological polar surface area (TPSA) is 265 Å². The van der Waals surface area contributed by atoms with Crippen molar-refractivity contribution in [2.45, 2.75) is 50.3 Å². The van der Waals surface area contributed by atoms with Gasteiger partial charge in [0, 0.05) is 23.0 Å². The number of aliphatic hydroxyl groups excluding tert-OH is 1. The third-order valence-corrected chi connectivity index (χ3v) is 9.10. The Morgan fingerprint density at radius 2 is 2.02 bits per heavy atom. The fraction of sp³-hybridized carbons (Fsp3) is 0.583. The number of nitrogens with two attached hydrogens (primary N) is 2. The van der Waals surface area contributed by atoms with Gasteiger partial charge in [0.1, 0.15) is 23.7 Å². The number of aliphatic hydroxyl groups is 1. The zero-order chi connectivity index (χ0) is 33.4. The van der Waals surface area contributed by atoms with E-state index in [0.717, 1.165) is 11.5 Å². The minimum atomic E-state index is -1.05. The van der Waals surface area contributed by atoms with E-state index in [-0.39, 0.29) is 66.0 Å². The molecule has 0 aromatic carbocycles. The molecule has 1 unspecified atom stereocenters. The molecule has 0 spiro atoms. The van der Waals surface area contributed by atoms with Crippen molar-refractivity contribution in [1.82, 2.24) is 39.8 Å². The highest BCUT2D eigenvalue weighted by molar-refractivity contribution is 8.01. The molecule has 2 aliphatic rings. The van der Waals surface area contributed by atoms with Gasteiger partial charge in [0.25, 0.3) is 11.8 Å². The highest BCUT2D eigenvalue weighted by atomic mass is 35.5. The number of aromatic nitrogens is 6. The summed E-state index contributed by atoms with van der Waals surface area (Å²) in [6, 6.07) is -1.05. The molecule has 2 amide bonds. The van der Waals surface area contributed by atoms with Gasteiger partial charge >= 0.3 is 11.9 Å². The molecule has 258 valence electrons. The number of amides is 2. The molecule has 2 aromatic heterocycles. The zero-order valence-corrected chi connectivity index (χ0v) is 28.7. The molecule has 2 aliphatic heterocycles. The van der Waals surface area contributed by atoms with Crippen molar-refractivity contribution in [2.75, 3.05) is 43.8 Å². The van der Waals surface area contributed by atoms with Gasteiger partial charge in [-0.3, -0.25) is 19.3 Å². The van der Waals surface area contributed by atoms with Crippen LogP contribution in [-0.2, 0) is 40.0 Å². The molecule has 1 fully saturated rings. The van der Waals surface area contributed by atoms with Crippen LogP contribution in [0.25, 0.3) is 0 Å². The van der Waals surface area contributed by atoms with Crippen molar-refractivity contribution in [3.8, 4) is 0 Å². The number of nitrogen functional groups attached to an aromatic ring is 1. The summed E-state index contributed by atoms with van der Waals surface area (Å²) < 4.78 is 15.8. The Bertz CT molecular complexity index is 1510. The van der Waals surface area contributed by atoms with E-state index in [1.807, 2.05) is 0 Å². The number of esters is 2. The second-order valence-corrected chi connectivity index (χ2v) is 13.4. The van der Waals surface area contributed by atoms with E-state index in [0.29, 0.717) is 23.7 Å². The predicted octanol–water partition coefficient (Wildman–Crippen LogP) is -0.873. The van der Waals surface area contributed by atoms with Crippen LogP contribution in [0.2, 0.25) is 0 Å². The second kappa shape index (κ2) is 17.0. The van der Waals surface area contributed by atoms with Crippen LogP contribution >= 0.6 is 47.5 Å². The number of ether oxygens (including phenoxy) is 2. The summed E-state index contributed by atoms with van der Waals surface area (Å²) in [6.07, 6.45) is 0.484. The molecule has 19 nitrogen and oxygen atoms in total. The Labute approximate surface area is 287 Å². The summed E-state index contributed by atoms with van der Waals surface area (Å²) >= 11 is 3.36. The number of tetrazole rings is 1. The number of rotatable bonds is 15. The Hall–Kier alpha value is -3.57. The van der Waals surface area contributed by atoms with Crippen LogP contribution in [0.5, 0.6) is 0 Å². The molecule has 4 rings (SSSR count). The lowest BCUT2D eigenvalue weighted by Crippen LogP contribution is -2.71. The smallest absolute Gasteiger partial charge is 0.357 e. The summed E-state index contributed by atoms with van der Waals surface area (Å²) in [5, 5.41) is 26.9. The molecule has 47 heavy (non-hydrogen) atoms. The minimum Gasteiger partial charge on any atom is -0.427 e. The van der Waals surface area contributed by atoms with Crippen molar-refractivity contribution >= 4 is 82.1 Å². The van der Waals surface area contributed by atoms with Gasteiger partial charge in [-0.25, -0.2) is 9.48 Å². The fourth-order valence-electron chi connectivity index (χ4n) is 3.87. The van der Waals surface area contributed by atoms with Gasteiger partial charge in [-0.05, 0) is 49.7 Å². The summed E-state index contributed by atoms with van der Waals surface area (Å²) in [5.41, 5.74) is 10.5. The Balaban J connectivity index is 0.00000600. The van der Waals surface area contributed by atoms with Gasteiger partial charge in [0.15, 0.2) is 5.13 Å². The van der Waals surface area contributed by atoms with Crippen LogP contribution in [0.15, 0.2) is 21.6 Å². The zero-order valence-electron chi connectivity index (χ0n) is 25.5. The molecule has 0 saturated carbocycles. The number of anilines is 1. The lowest BCUT2D eigenvalue weighted by atomic mass is 9.98. The standard InChI is InChI=1S/C24H33N11O8S3.ClH/c1-24(2,3)21(40)42-11-41-20(39)15-12(10-45-23-29-32-33-34(23)6-7-36)9-44-19-14(18(38)35(15)19)27-17(37)13(30-43-8-4-5-25)16-28-22(26)46-31-16;/h14,19,36H,4-11,25H2,1-3H3,(H,27,37)(H2,26,28,31);1H/b30-13+;/t14?,19-;/m1./s1. The third-order valence-electron chi connectivity index (χ3n) is 6.17. The molecule has 0 aliphatic carbocycles. The lowest BCUT2D eigenvalue weighted by molar-refractivity contribution is -0.173. The van der Waals surface area contributed by atoms with Gasteiger partial charge in [-0.2, -0.15) is 9.36 Å². The number of thioether (sulfide) groups is 2. The summed E-state index contributed by atoms with van der Waals surface area (Å²) in [6.45, 7) is 4.75. The predicted molar refractivity (Wildman–Crippen MR) is 172 cm³/mol. The van der Waals surface area contributed by atoms with Gasteiger partial charge in [0.05, 0.1) is 18.6 Å². The lowest BCUT2D eigenvalue weighted by Gasteiger charge is -2.49. The van der Waals surface area contributed by atoms with E-state index in [1.54, 1.807) is 20.8 Å². The van der Waals surface area contributed by atoms with Crippen LogP contribution in [0, 0.1) is 5.41 Å². The molecule has 0 bridgehead atoms. The molecule has 6 N–H and O–H groups in total. The maximum absolute atomic E-state index is 13.5. The van der Waals surface area contributed by atoms with E-state index in [1.165, 1.54) is 33.1 Å². The largest absolute Gasteiger partial charge is 0.427 e. The SMILES string of the molecule is CC(C)(C)C(=O)OCOC(=O)C1=C(CSc2nnnn2CCO)CS[C@@H]2C(NC(=O)/C(=N/OCCCN)c3nsc(N)n3)C(=O)N12.Cl. The van der Waals surface area contributed by atoms with Crippen LogP contribution in [-0.4, -0.2) is 119 Å². The first-order valence-corrected chi connectivity index (χ1v) is 16.6. The fourth-order valence-corrected chi connectivity index (χ4v) is 6.70. The number of halogens is 1. The molecule has 2 atom stereocenters. The van der Waals surface area contributed by atoms with Crippen molar-refractivity contribution in [1.29, 1.82) is 0 Å². The maximum atomic E-state index is 13.5. The Kier molecular flexibility index (Phi) is 13.7. The maximum Gasteiger partial charge on any atom is 0.357 e. The Morgan fingerprint density at radius 1 is 1.26 bits per heavy atom. The van der Waals surface area contributed by atoms with Crippen LogP contribution in [0.4, 0.5) is 5.13 Å². The number of hydrogen-bond donors (Lipinski definition) is 4. The number of carbonyl (C=O) groups is 4. The first-order valence-electron chi connectivity index (χ1n) is 13.8. The number of carbonyl (C=O) groups excluding carboxylic acids is 4. The molecule has 1 saturated heterocycles. The van der Waals surface area contributed by atoms with E-state index >= 15 is 0 Å². The number of nitrogens with zero attached hydrogens (tertiary/aromatic N) is 8. The molecular formula is C24H34ClN11O8S3. The number of nitrogens with one attached hydrogen (secondary N) is 1. The quantitative estimate of drug-likeness (QED) is 0.0329. The van der Waals surface area contributed by atoms with Crippen molar-refractivity contribution in [3.63, 3.8) is 0 Å². The van der Waals surface area contributed by atoms with Crippen LogP contribution < -0.4 is 16.8 Å². The van der Waals surface area contributed by atoms with Crippen molar-refractivity contribution in [2.24, 2.45) is 16.3 Å². The van der Waals surface area contributed by atoms with E-state index in [9.17, 15) is 24.3 Å². The van der Waals surface area contributed by atoms with E-state index in [4.69, 9.17) is 25.8 Å². The molecule has 2 aromatic rings. The summed E-state index contributed by atoms with van der Waals surface area (Å²) in [5.74, 6) is -2.48. The van der Waals surface area contributed by atoms with Gasteiger partial charge in [0.2, 0.25) is 23.5 Å². The average molecular weight is 736 g/mol. The van der Waals surface area contributed by atoms with Crippen LogP contribution in [0.3, 0.4) is 0 Å². The third kappa shape index (κ3) is 9.28. The van der Waals surface area contributed by atoms with E-state index in [2.05, 4.69) is 35.4 Å². The number of oxime groups is 1. The molecule has 23 heteroatoms. The first-order chi connectivity index (χ1) is 22.0. The monoisotopic (exact) mass is 735 g/mol. The van der Waals surface area contributed by atoms with Crippen molar-refractivity contribution in [3.05, 3.63) is 17.1 Å². The van der Waals surface area contributed by atoms with Crippen molar-refractivity contribution < 1.29 is 38.6 Å². The minimum absolute atomic E-state index is 0. The number of β-lactam (4-membered cyclic amide) rings is 1. The van der Waals surface area contributed by atoms with Gasteiger partial charge in [-0.1, -0.05) is 16.9 Å². The number of fused-ring (bicyclic) bond motifs is 1. The molecular weight excluding hydrogens is 702 g/mol. The number of hydrogen-bond acceptors (Lipinski definition) is 19. The highest BCUT2D eigenvalue weighted by Crippen LogP contribution is 2.42. The second-order valence-electron chi connectivity index (χ2n) is 10.6. The first kappa shape index (κ1) is 37.9.